The van der Waals surface area contributed by atoms with Gasteiger partial charge in [-0.25, -0.2) is 8.42 Å². The largest absolute Gasteiger partial charge is 0.416 e. The molecule has 0 aliphatic carbocycles. The number of carbonyl (C=O) groups excluding carboxylic acids is 1. The summed E-state index contributed by atoms with van der Waals surface area (Å²) in [6.07, 6.45) is -3.16. The number of hydrogen-bond acceptors (Lipinski definition) is 3. The number of amides is 1. The first-order valence-corrected chi connectivity index (χ1v) is 9.49. The van der Waals surface area contributed by atoms with Crippen LogP contribution in [0, 0.1) is 5.92 Å². The van der Waals surface area contributed by atoms with E-state index in [0.717, 1.165) is 18.6 Å². The Balaban J connectivity index is 1.93. The molecule has 0 unspecified atom stereocenters. The van der Waals surface area contributed by atoms with Crippen molar-refractivity contribution in [1.29, 1.82) is 0 Å². The van der Waals surface area contributed by atoms with Crippen LogP contribution in [0.3, 0.4) is 0 Å². The van der Waals surface area contributed by atoms with Crippen molar-refractivity contribution in [3.63, 3.8) is 0 Å². The van der Waals surface area contributed by atoms with E-state index < -0.39 is 21.8 Å². The van der Waals surface area contributed by atoms with E-state index in [2.05, 4.69) is 0 Å². The minimum absolute atomic E-state index is 0.0261. The molecular weight excluding hydrogens is 357 g/mol. The van der Waals surface area contributed by atoms with Crippen LogP contribution in [0.25, 0.3) is 0 Å². The van der Waals surface area contributed by atoms with Crippen molar-refractivity contribution in [2.24, 2.45) is 5.92 Å². The molecule has 2 fully saturated rings. The highest BCUT2D eigenvalue weighted by molar-refractivity contribution is 7.89. The van der Waals surface area contributed by atoms with Gasteiger partial charge in [-0.3, -0.25) is 4.79 Å². The summed E-state index contributed by atoms with van der Waals surface area (Å²) in [6, 6.07) is 3.44. The molecular formula is C16H19F3N2O3S. The Labute approximate surface area is 144 Å². The second kappa shape index (κ2) is 6.28. The predicted octanol–water partition coefficient (Wildman–Crippen LogP) is 2.34. The number of alkyl halides is 3. The maximum Gasteiger partial charge on any atom is 0.416 e. The first-order valence-electron chi connectivity index (χ1n) is 8.05. The van der Waals surface area contributed by atoms with Crippen LogP contribution in [-0.4, -0.2) is 49.2 Å². The second-order valence-electron chi connectivity index (χ2n) is 6.54. The Hall–Kier alpha value is -1.61. The number of benzene rings is 1. The fraction of sp³-hybridized carbons (Fsp3) is 0.562. The molecule has 0 radical (unpaired) electrons. The SMILES string of the molecule is CC(=O)N1C[C@H]2CCCN(S(=O)(=O)c3cccc(C(F)(F)F)c3)[C@H]2C1. The van der Waals surface area contributed by atoms with Crippen molar-refractivity contribution in [1.82, 2.24) is 9.21 Å². The number of hydrogen-bond donors (Lipinski definition) is 0. The minimum Gasteiger partial charge on any atom is -0.341 e. The summed E-state index contributed by atoms with van der Waals surface area (Å²) in [4.78, 5) is 12.9. The molecule has 2 aliphatic rings. The molecule has 0 N–H and O–H groups in total. The van der Waals surface area contributed by atoms with Crippen LogP contribution in [-0.2, 0) is 21.0 Å². The summed E-state index contributed by atoms with van der Waals surface area (Å²) in [7, 11) is -4.05. The highest BCUT2D eigenvalue weighted by Gasteiger charge is 2.45. The van der Waals surface area contributed by atoms with Gasteiger partial charge in [0.05, 0.1) is 10.5 Å². The summed E-state index contributed by atoms with van der Waals surface area (Å²) in [5.41, 5.74) is -0.987. The Morgan fingerprint density at radius 2 is 1.96 bits per heavy atom. The molecule has 0 saturated carbocycles. The third kappa shape index (κ3) is 3.39. The van der Waals surface area contributed by atoms with E-state index in [0.29, 0.717) is 19.0 Å². The van der Waals surface area contributed by atoms with Gasteiger partial charge in [-0.15, -0.1) is 0 Å². The fourth-order valence-electron chi connectivity index (χ4n) is 3.66. The average Bonchev–Trinajstić information content (AvgIpc) is 2.98. The van der Waals surface area contributed by atoms with Crippen molar-refractivity contribution < 1.29 is 26.4 Å². The molecule has 138 valence electrons. The molecule has 2 saturated heterocycles. The molecule has 3 rings (SSSR count). The van der Waals surface area contributed by atoms with E-state index in [1.807, 2.05) is 0 Å². The van der Waals surface area contributed by atoms with E-state index in [9.17, 15) is 26.4 Å². The maximum atomic E-state index is 12.9. The van der Waals surface area contributed by atoms with Crippen LogP contribution in [0.2, 0.25) is 0 Å². The normalized spacial score (nSPS) is 25.0. The van der Waals surface area contributed by atoms with Crippen LogP contribution in [0.15, 0.2) is 29.2 Å². The van der Waals surface area contributed by atoms with E-state index in [-0.39, 0.29) is 35.9 Å². The van der Waals surface area contributed by atoms with Gasteiger partial charge in [0.25, 0.3) is 0 Å². The van der Waals surface area contributed by atoms with Gasteiger partial charge in [-0.05, 0) is 37.0 Å². The summed E-state index contributed by atoms with van der Waals surface area (Å²) >= 11 is 0. The van der Waals surface area contributed by atoms with Gasteiger partial charge in [-0.2, -0.15) is 17.5 Å². The molecule has 0 aromatic heterocycles. The fourth-order valence-corrected chi connectivity index (χ4v) is 5.42. The number of halogens is 3. The predicted molar refractivity (Wildman–Crippen MR) is 84.1 cm³/mol. The summed E-state index contributed by atoms with van der Waals surface area (Å²) < 4.78 is 65.9. The van der Waals surface area contributed by atoms with E-state index >= 15 is 0 Å². The van der Waals surface area contributed by atoms with Crippen LogP contribution >= 0.6 is 0 Å². The minimum atomic E-state index is -4.60. The molecule has 0 spiro atoms. The quantitative estimate of drug-likeness (QED) is 0.796. The summed E-state index contributed by atoms with van der Waals surface area (Å²) in [5.74, 6) is -0.0935. The van der Waals surface area contributed by atoms with Gasteiger partial charge in [0.15, 0.2) is 0 Å². The monoisotopic (exact) mass is 376 g/mol. The van der Waals surface area contributed by atoms with Crippen LogP contribution in [0.5, 0.6) is 0 Å². The van der Waals surface area contributed by atoms with Gasteiger partial charge in [-0.1, -0.05) is 6.07 Å². The molecule has 1 aromatic carbocycles. The number of fused-ring (bicyclic) bond motifs is 1. The molecule has 9 heteroatoms. The Kier molecular flexibility index (Phi) is 4.57. The van der Waals surface area contributed by atoms with E-state index in [4.69, 9.17) is 0 Å². The molecule has 2 aliphatic heterocycles. The molecule has 1 amide bonds. The van der Waals surface area contributed by atoms with Crippen molar-refractivity contribution in [2.75, 3.05) is 19.6 Å². The zero-order chi connectivity index (χ0) is 18.4. The highest BCUT2D eigenvalue weighted by atomic mass is 32.2. The second-order valence-corrected chi connectivity index (χ2v) is 8.43. The lowest BCUT2D eigenvalue weighted by Crippen LogP contribution is -2.48. The van der Waals surface area contributed by atoms with Crippen LogP contribution in [0.4, 0.5) is 13.2 Å². The van der Waals surface area contributed by atoms with E-state index in [1.54, 1.807) is 4.90 Å². The first kappa shape index (κ1) is 18.2. The van der Waals surface area contributed by atoms with Crippen molar-refractivity contribution in [2.45, 2.75) is 36.9 Å². The Morgan fingerprint density at radius 1 is 1.24 bits per heavy atom. The zero-order valence-corrected chi connectivity index (χ0v) is 14.5. The number of rotatable bonds is 2. The van der Waals surface area contributed by atoms with Gasteiger partial charge in [0.1, 0.15) is 0 Å². The Bertz CT molecular complexity index is 779. The lowest BCUT2D eigenvalue weighted by atomic mass is 9.94. The molecule has 1 aromatic rings. The third-order valence-electron chi connectivity index (χ3n) is 4.94. The standard InChI is InChI=1S/C16H19F3N2O3S/c1-11(22)20-9-12-4-3-7-21(15(12)10-20)25(23,24)14-6-2-5-13(8-14)16(17,18)19/h2,5-6,8,12,15H,3-4,7,9-10H2,1H3/t12-,15+/m1/s1. The molecule has 0 bridgehead atoms. The summed E-state index contributed by atoms with van der Waals surface area (Å²) in [6.45, 7) is 2.47. The van der Waals surface area contributed by atoms with Crippen molar-refractivity contribution >= 4 is 15.9 Å². The van der Waals surface area contributed by atoms with Gasteiger partial charge < -0.3 is 4.90 Å². The maximum absolute atomic E-state index is 12.9. The first-order chi connectivity index (χ1) is 11.6. The smallest absolute Gasteiger partial charge is 0.341 e. The molecule has 25 heavy (non-hydrogen) atoms. The summed E-state index contributed by atoms with van der Waals surface area (Å²) in [5, 5.41) is 0. The van der Waals surface area contributed by atoms with Gasteiger partial charge >= 0.3 is 6.18 Å². The number of nitrogens with zero attached hydrogens (tertiary/aromatic N) is 2. The molecule has 2 heterocycles. The topological polar surface area (TPSA) is 57.7 Å². The third-order valence-corrected chi connectivity index (χ3v) is 6.86. The number of sulfonamides is 1. The zero-order valence-electron chi connectivity index (χ0n) is 13.7. The lowest BCUT2D eigenvalue weighted by Gasteiger charge is -2.35. The van der Waals surface area contributed by atoms with Gasteiger partial charge in [0.2, 0.25) is 15.9 Å². The van der Waals surface area contributed by atoms with Crippen molar-refractivity contribution in [3.8, 4) is 0 Å². The average molecular weight is 376 g/mol. The van der Waals surface area contributed by atoms with E-state index in [1.165, 1.54) is 17.3 Å². The highest BCUT2D eigenvalue weighted by Crippen LogP contribution is 2.36. The molecule has 2 atom stereocenters. The Morgan fingerprint density at radius 3 is 2.60 bits per heavy atom. The van der Waals surface area contributed by atoms with Crippen LogP contribution in [0.1, 0.15) is 25.3 Å². The number of piperidine rings is 1. The van der Waals surface area contributed by atoms with Crippen LogP contribution < -0.4 is 0 Å². The van der Waals surface area contributed by atoms with Crippen molar-refractivity contribution in [3.05, 3.63) is 29.8 Å². The molecule has 5 nitrogen and oxygen atoms in total. The number of carbonyl (C=O) groups is 1. The lowest BCUT2D eigenvalue weighted by molar-refractivity contribution is -0.137. The van der Waals surface area contributed by atoms with Gasteiger partial charge in [0, 0.05) is 32.6 Å². The number of likely N-dealkylation sites (tertiary alicyclic amines) is 1.